The number of morpholine rings is 1. The number of rotatable bonds is 4. The molecule has 0 aromatic rings. The number of hydrogen-bond donors (Lipinski definition) is 1. The lowest BCUT2D eigenvalue weighted by molar-refractivity contribution is 0.0170. The fraction of sp³-hybridized carbons (Fsp3) is 1.00. The number of nitrogens with zero attached hydrogens (tertiary/aromatic N) is 2. The fourth-order valence-corrected chi connectivity index (χ4v) is 5.13. The maximum Gasteiger partial charge on any atom is 0.0594 e. The third-order valence-electron chi connectivity index (χ3n) is 4.98. The van der Waals surface area contributed by atoms with E-state index in [2.05, 4.69) is 21.6 Å². The van der Waals surface area contributed by atoms with Gasteiger partial charge in [0.15, 0.2) is 0 Å². The van der Waals surface area contributed by atoms with Crippen molar-refractivity contribution >= 4 is 11.8 Å². The van der Waals surface area contributed by atoms with Crippen LogP contribution in [0.3, 0.4) is 0 Å². The topological polar surface area (TPSA) is 41.7 Å². The molecule has 3 heterocycles. The summed E-state index contributed by atoms with van der Waals surface area (Å²) in [6.45, 7) is 7.36. The standard InChI is InChI=1S/C14H27N3OS/c15-9-14(12-2-8-19-11-12)17-3-1-13(10-17)16-4-6-18-7-5-16/h12-14H,1-11,15H2. The molecule has 0 radical (unpaired) electrons. The Morgan fingerprint density at radius 2 is 2.05 bits per heavy atom. The van der Waals surface area contributed by atoms with Gasteiger partial charge in [0.05, 0.1) is 13.2 Å². The molecule has 110 valence electrons. The van der Waals surface area contributed by atoms with E-state index in [1.54, 1.807) is 0 Å². The van der Waals surface area contributed by atoms with E-state index in [1.807, 2.05) is 0 Å². The van der Waals surface area contributed by atoms with Crippen molar-refractivity contribution < 1.29 is 4.74 Å². The van der Waals surface area contributed by atoms with Gasteiger partial charge in [0, 0.05) is 44.8 Å². The molecule has 3 aliphatic rings. The molecule has 3 unspecified atom stereocenters. The van der Waals surface area contributed by atoms with Crippen LogP contribution in [0.2, 0.25) is 0 Å². The first-order valence-corrected chi connectivity index (χ1v) is 8.87. The summed E-state index contributed by atoms with van der Waals surface area (Å²) >= 11 is 2.10. The third kappa shape index (κ3) is 3.27. The van der Waals surface area contributed by atoms with Crippen LogP contribution in [0.25, 0.3) is 0 Å². The first kappa shape index (κ1) is 14.1. The summed E-state index contributed by atoms with van der Waals surface area (Å²) in [4.78, 5) is 5.30. The molecule has 0 amide bonds. The molecule has 3 atom stereocenters. The van der Waals surface area contributed by atoms with E-state index in [1.165, 1.54) is 37.4 Å². The Balaban J connectivity index is 1.54. The number of hydrogen-bond acceptors (Lipinski definition) is 5. The molecular formula is C14H27N3OS. The average Bonchev–Trinajstić information content (AvgIpc) is 3.12. The summed E-state index contributed by atoms with van der Waals surface area (Å²) in [6, 6.07) is 1.37. The van der Waals surface area contributed by atoms with Crippen molar-refractivity contribution in [3.63, 3.8) is 0 Å². The van der Waals surface area contributed by atoms with E-state index in [0.29, 0.717) is 6.04 Å². The number of nitrogens with two attached hydrogens (primary N) is 1. The number of likely N-dealkylation sites (tertiary alicyclic amines) is 1. The Morgan fingerprint density at radius 1 is 1.21 bits per heavy atom. The smallest absolute Gasteiger partial charge is 0.0594 e. The molecule has 0 bridgehead atoms. The minimum atomic E-state index is 0.626. The van der Waals surface area contributed by atoms with Gasteiger partial charge in [-0.25, -0.2) is 0 Å². The molecule has 0 aromatic carbocycles. The monoisotopic (exact) mass is 285 g/mol. The molecule has 5 heteroatoms. The van der Waals surface area contributed by atoms with Crippen LogP contribution < -0.4 is 5.73 Å². The molecule has 0 aliphatic carbocycles. The molecule has 3 fully saturated rings. The van der Waals surface area contributed by atoms with Crippen LogP contribution in [-0.2, 0) is 4.74 Å². The maximum atomic E-state index is 6.07. The van der Waals surface area contributed by atoms with Gasteiger partial charge in [-0.1, -0.05) is 0 Å². The maximum absolute atomic E-state index is 6.07. The lowest BCUT2D eigenvalue weighted by Gasteiger charge is -2.34. The van der Waals surface area contributed by atoms with Crippen molar-refractivity contribution in [3.8, 4) is 0 Å². The Hall–Kier alpha value is 0.190. The minimum Gasteiger partial charge on any atom is -0.379 e. The molecule has 19 heavy (non-hydrogen) atoms. The van der Waals surface area contributed by atoms with Crippen molar-refractivity contribution in [2.75, 3.05) is 57.4 Å². The molecule has 0 aromatic heterocycles. The van der Waals surface area contributed by atoms with E-state index in [-0.39, 0.29) is 0 Å². The van der Waals surface area contributed by atoms with E-state index >= 15 is 0 Å². The lowest BCUT2D eigenvalue weighted by Crippen LogP contribution is -2.48. The van der Waals surface area contributed by atoms with Gasteiger partial charge in [0.25, 0.3) is 0 Å². The van der Waals surface area contributed by atoms with Crippen LogP contribution in [0.4, 0.5) is 0 Å². The second-order valence-electron chi connectivity index (χ2n) is 6.01. The second kappa shape index (κ2) is 6.76. The van der Waals surface area contributed by atoms with Crippen molar-refractivity contribution in [2.24, 2.45) is 11.7 Å². The minimum absolute atomic E-state index is 0.626. The Labute approximate surface area is 121 Å². The van der Waals surface area contributed by atoms with E-state index in [4.69, 9.17) is 10.5 Å². The molecule has 3 saturated heterocycles. The predicted octanol–water partition coefficient (Wildman–Crippen LogP) is 0.473. The summed E-state index contributed by atoms with van der Waals surface area (Å²) in [7, 11) is 0. The quantitative estimate of drug-likeness (QED) is 0.813. The first-order chi connectivity index (χ1) is 9.38. The zero-order chi connectivity index (χ0) is 13.1. The van der Waals surface area contributed by atoms with E-state index in [9.17, 15) is 0 Å². The summed E-state index contributed by atoms with van der Waals surface area (Å²) in [5, 5.41) is 0. The Bertz CT molecular complexity index is 280. The highest BCUT2D eigenvalue weighted by atomic mass is 32.2. The van der Waals surface area contributed by atoms with Gasteiger partial charge >= 0.3 is 0 Å². The number of ether oxygens (including phenoxy) is 1. The van der Waals surface area contributed by atoms with Gasteiger partial charge in [-0.05, 0) is 30.3 Å². The highest BCUT2D eigenvalue weighted by Gasteiger charge is 2.35. The van der Waals surface area contributed by atoms with Crippen LogP contribution in [0.5, 0.6) is 0 Å². The molecule has 3 rings (SSSR count). The molecule has 2 N–H and O–H groups in total. The normalized spacial score (nSPS) is 35.8. The Kier molecular flexibility index (Phi) is 5.03. The molecule has 0 saturated carbocycles. The van der Waals surface area contributed by atoms with Crippen LogP contribution >= 0.6 is 11.8 Å². The van der Waals surface area contributed by atoms with Crippen LogP contribution in [0.1, 0.15) is 12.8 Å². The van der Waals surface area contributed by atoms with Gasteiger partial charge in [-0.2, -0.15) is 11.8 Å². The van der Waals surface area contributed by atoms with E-state index < -0.39 is 0 Å². The highest BCUT2D eigenvalue weighted by molar-refractivity contribution is 7.99. The molecule has 3 aliphatic heterocycles. The highest BCUT2D eigenvalue weighted by Crippen LogP contribution is 2.30. The Morgan fingerprint density at radius 3 is 2.74 bits per heavy atom. The molecule has 0 spiro atoms. The predicted molar refractivity (Wildman–Crippen MR) is 80.6 cm³/mol. The molecular weight excluding hydrogens is 258 g/mol. The van der Waals surface area contributed by atoms with Crippen molar-refractivity contribution in [3.05, 3.63) is 0 Å². The second-order valence-corrected chi connectivity index (χ2v) is 7.16. The van der Waals surface area contributed by atoms with Gasteiger partial charge in [0.2, 0.25) is 0 Å². The third-order valence-corrected chi connectivity index (χ3v) is 6.16. The van der Waals surface area contributed by atoms with E-state index in [0.717, 1.165) is 44.8 Å². The van der Waals surface area contributed by atoms with Crippen LogP contribution in [0.15, 0.2) is 0 Å². The lowest BCUT2D eigenvalue weighted by atomic mass is 9.98. The van der Waals surface area contributed by atoms with Gasteiger partial charge in [-0.15, -0.1) is 0 Å². The van der Waals surface area contributed by atoms with Crippen LogP contribution in [-0.4, -0.2) is 79.3 Å². The SMILES string of the molecule is NCC(C1CCSC1)N1CCC(N2CCOCC2)C1. The fourth-order valence-electron chi connectivity index (χ4n) is 3.81. The average molecular weight is 285 g/mol. The van der Waals surface area contributed by atoms with Crippen LogP contribution in [0, 0.1) is 5.92 Å². The first-order valence-electron chi connectivity index (χ1n) is 7.72. The van der Waals surface area contributed by atoms with Crippen molar-refractivity contribution in [1.29, 1.82) is 0 Å². The molecule has 4 nitrogen and oxygen atoms in total. The summed E-state index contributed by atoms with van der Waals surface area (Å²) in [6.07, 6.45) is 2.68. The zero-order valence-corrected chi connectivity index (χ0v) is 12.6. The summed E-state index contributed by atoms with van der Waals surface area (Å²) < 4.78 is 5.46. The van der Waals surface area contributed by atoms with Gasteiger partial charge in [0.1, 0.15) is 0 Å². The largest absolute Gasteiger partial charge is 0.379 e. The van der Waals surface area contributed by atoms with Gasteiger partial charge < -0.3 is 10.5 Å². The number of thioether (sulfide) groups is 1. The zero-order valence-electron chi connectivity index (χ0n) is 11.8. The van der Waals surface area contributed by atoms with Crippen molar-refractivity contribution in [2.45, 2.75) is 24.9 Å². The summed E-state index contributed by atoms with van der Waals surface area (Å²) in [5.74, 6) is 3.49. The van der Waals surface area contributed by atoms with Crippen molar-refractivity contribution in [1.82, 2.24) is 9.80 Å². The summed E-state index contributed by atoms with van der Waals surface area (Å²) in [5.41, 5.74) is 6.07. The van der Waals surface area contributed by atoms with Gasteiger partial charge in [-0.3, -0.25) is 9.80 Å².